The Morgan fingerprint density at radius 2 is 1.94 bits per heavy atom. The van der Waals surface area contributed by atoms with Gasteiger partial charge < -0.3 is 5.32 Å². The first-order valence-electron chi connectivity index (χ1n) is 5.58. The Balaban J connectivity index is 2.59. The number of carbonyl (C=O) groups excluding carboxylic acids is 1. The van der Waals surface area contributed by atoms with Crippen molar-refractivity contribution >= 4 is 11.6 Å². The van der Waals surface area contributed by atoms with Gasteiger partial charge in [-0.05, 0) is 39.4 Å². The maximum absolute atomic E-state index is 11.9. The summed E-state index contributed by atoms with van der Waals surface area (Å²) in [4.78, 5) is 14.0. The SMILES string of the molecule is CC1C(=O)Nc2ccccc2C(C)(C)N1C. The molecule has 0 aliphatic carbocycles. The summed E-state index contributed by atoms with van der Waals surface area (Å²) in [5.74, 6) is 0.0560. The molecule has 1 atom stereocenters. The van der Waals surface area contributed by atoms with Crippen molar-refractivity contribution in [3.8, 4) is 0 Å². The highest BCUT2D eigenvalue weighted by Crippen LogP contribution is 2.35. The fraction of sp³-hybridized carbons (Fsp3) is 0.462. The van der Waals surface area contributed by atoms with Gasteiger partial charge in [0.05, 0.1) is 6.04 Å². The fourth-order valence-corrected chi connectivity index (χ4v) is 2.21. The summed E-state index contributed by atoms with van der Waals surface area (Å²) in [7, 11) is 1.99. The van der Waals surface area contributed by atoms with Crippen LogP contribution < -0.4 is 5.32 Å². The molecule has 1 aromatic carbocycles. The maximum Gasteiger partial charge on any atom is 0.241 e. The van der Waals surface area contributed by atoms with E-state index in [1.54, 1.807) is 0 Å². The predicted molar refractivity (Wildman–Crippen MR) is 65.3 cm³/mol. The topological polar surface area (TPSA) is 32.3 Å². The van der Waals surface area contributed by atoms with Gasteiger partial charge in [0.2, 0.25) is 5.91 Å². The van der Waals surface area contributed by atoms with Crippen molar-refractivity contribution in [2.75, 3.05) is 12.4 Å². The monoisotopic (exact) mass is 218 g/mol. The summed E-state index contributed by atoms with van der Waals surface area (Å²) < 4.78 is 0. The van der Waals surface area contributed by atoms with Gasteiger partial charge >= 0.3 is 0 Å². The summed E-state index contributed by atoms with van der Waals surface area (Å²) in [6, 6.07) is 7.87. The lowest BCUT2D eigenvalue weighted by Gasteiger charge is -2.37. The number of likely N-dealkylation sites (N-methyl/N-ethyl adjacent to an activating group) is 1. The van der Waals surface area contributed by atoms with Crippen LogP contribution >= 0.6 is 0 Å². The molecule has 3 heteroatoms. The summed E-state index contributed by atoms with van der Waals surface area (Å²) in [6.45, 7) is 6.22. The van der Waals surface area contributed by atoms with Gasteiger partial charge in [0, 0.05) is 11.2 Å². The molecule has 1 aliphatic rings. The van der Waals surface area contributed by atoms with E-state index in [-0.39, 0.29) is 17.5 Å². The van der Waals surface area contributed by atoms with Crippen LogP contribution in [0, 0.1) is 0 Å². The molecule has 16 heavy (non-hydrogen) atoms. The highest BCUT2D eigenvalue weighted by molar-refractivity contribution is 5.96. The van der Waals surface area contributed by atoms with Gasteiger partial charge in [0.15, 0.2) is 0 Å². The summed E-state index contributed by atoms with van der Waals surface area (Å²) in [5.41, 5.74) is 1.94. The number of para-hydroxylation sites is 1. The van der Waals surface area contributed by atoms with E-state index in [9.17, 15) is 4.79 Å². The number of hydrogen-bond donors (Lipinski definition) is 1. The van der Waals surface area contributed by atoms with Gasteiger partial charge in [-0.2, -0.15) is 0 Å². The smallest absolute Gasteiger partial charge is 0.241 e. The van der Waals surface area contributed by atoms with Crippen LogP contribution in [0.4, 0.5) is 5.69 Å². The van der Waals surface area contributed by atoms with Crippen LogP contribution in [0.25, 0.3) is 0 Å². The van der Waals surface area contributed by atoms with Crippen LogP contribution in [-0.4, -0.2) is 23.9 Å². The summed E-state index contributed by atoms with van der Waals surface area (Å²) in [6.07, 6.45) is 0. The van der Waals surface area contributed by atoms with E-state index in [0.717, 1.165) is 11.3 Å². The first-order chi connectivity index (χ1) is 7.44. The second-order valence-electron chi connectivity index (χ2n) is 4.88. The Morgan fingerprint density at radius 1 is 1.31 bits per heavy atom. The Bertz CT molecular complexity index is 426. The lowest BCUT2D eigenvalue weighted by atomic mass is 9.91. The molecular weight excluding hydrogens is 200 g/mol. The molecule has 2 rings (SSSR count). The molecule has 0 fully saturated rings. The highest BCUT2D eigenvalue weighted by Gasteiger charge is 2.37. The van der Waals surface area contributed by atoms with Gasteiger partial charge in [0.1, 0.15) is 0 Å². The third-order valence-corrected chi connectivity index (χ3v) is 3.69. The highest BCUT2D eigenvalue weighted by atomic mass is 16.2. The molecule has 0 radical (unpaired) electrons. The summed E-state index contributed by atoms with van der Waals surface area (Å²) >= 11 is 0. The number of benzene rings is 1. The molecule has 0 bridgehead atoms. The number of rotatable bonds is 0. The van der Waals surface area contributed by atoms with Crippen molar-refractivity contribution in [3.63, 3.8) is 0 Å². The first-order valence-corrected chi connectivity index (χ1v) is 5.58. The van der Waals surface area contributed by atoms with E-state index in [1.807, 2.05) is 32.2 Å². The summed E-state index contributed by atoms with van der Waals surface area (Å²) in [5, 5.41) is 2.98. The van der Waals surface area contributed by atoms with Gasteiger partial charge in [-0.25, -0.2) is 0 Å². The standard InChI is InChI=1S/C13H18N2O/c1-9-12(16)14-11-8-6-5-7-10(11)13(2,3)15(9)4/h5-9H,1-4H3,(H,14,16). The Kier molecular flexibility index (Phi) is 2.50. The average molecular weight is 218 g/mol. The molecule has 1 amide bonds. The fourth-order valence-electron chi connectivity index (χ4n) is 2.21. The van der Waals surface area contributed by atoms with Crippen molar-refractivity contribution in [2.45, 2.75) is 32.4 Å². The maximum atomic E-state index is 11.9. The van der Waals surface area contributed by atoms with Crippen molar-refractivity contribution in [1.29, 1.82) is 0 Å². The second-order valence-corrected chi connectivity index (χ2v) is 4.88. The zero-order valence-electron chi connectivity index (χ0n) is 10.2. The number of carbonyl (C=O) groups is 1. The van der Waals surface area contributed by atoms with E-state index in [2.05, 4.69) is 30.1 Å². The first kappa shape index (κ1) is 11.1. The van der Waals surface area contributed by atoms with E-state index < -0.39 is 0 Å². The molecule has 0 saturated heterocycles. The van der Waals surface area contributed by atoms with Gasteiger partial charge in [-0.15, -0.1) is 0 Å². The lowest BCUT2D eigenvalue weighted by Crippen LogP contribution is -2.46. The van der Waals surface area contributed by atoms with Gasteiger partial charge in [-0.3, -0.25) is 9.69 Å². The van der Waals surface area contributed by atoms with Crippen LogP contribution in [0.5, 0.6) is 0 Å². The van der Waals surface area contributed by atoms with Crippen LogP contribution in [0.15, 0.2) is 24.3 Å². The zero-order chi connectivity index (χ0) is 11.9. The van der Waals surface area contributed by atoms with Gasteiger partial charge in [0.25, 0.3) is 0 Å². The Morgan fingerprint density at radius 3 is 2.62 bits per heavy atom. The lowest BCUT2D eigenvalue weighted by molar-refractivity contribution is -0.121. The van der Waals surface area contributed by atoms with Crippen molar-refractivity contribution in [1.82, 2.24) is 4.90 Å². The van der Waals surface area contributed by atoms with Crippen molar-refractivity contribution < 1.29 is 4.79 Å². The molecule has 3 nitrogen and oxygen atoms in total. The normalized spacial score (nSPS) is 24.5. The molecule has 1 unspecified atom stereocenters. The van der Waals surface area contributed by atoms with Crippen LogP contribution in [0.3, 0.4) is 0 Å². The predicted octanol–water partition coefficient (Wildman–Crippen LogP) is 2.19. The third kappa shape index (κ3) is 1.52. The van der Waals surface area contributed by atoms with E-state index in [4.69, 9.17) is 0 Å². The molecule has 0 spiro atoms. The molecule has 1 heterocycles. The Labute approximate surface area is 96.5 Å². The van der Waals surface area contributed by atoms with E-state index in [0.29, 0.717) is 0 Å². The van der Waals surface area contributed by atoms with E-state index in [1.165, 1.54) is 0 Å². The average Bonchev–Trinajstić information content (AvgIpc) is 2.32. The van der Waals surface area contributed by atoms with Crippen molar-refractivity contribution in [2.24, 2.45) is 0 Å². The number of nitrogens with one attached hydrogen (secondary N) is 1. The number of nitrogens with zero attached hydrogens (tertiary/aromatic N) is 1. The molecule has 0 aromatic heterocycles. The van der Waals surface area contributed by atoms with Crippen molar-refractivity contribution in [3.05, 3.63) is 29.8 Å². The quantitative estimate of drug-likeness (QED) is 0.724. The molecule has 86 valence electrons. The number of hydrogen-bond acceptors (Lipinski definition) is 2. The van der Waals surface area contributed by atoms with Gasteiger partial charge in [-0.1, -0.05) is 18.2 Å². The minimum Gasteiger partial charge on any atom is -0.324 e. The molecule has 1 aromatic rings. The number of fused-ring (bicyclic) bond motifs is 1. The molecule has 0 saturated carbocycles. The molecule has 1 aliphatic heterocycles. The van der Waals surface area contributed by atoms with Crippen LogP contribution in [-0.2, 0) is 10.3 Å². The molecule has 1 N–H and O–H groups in total. The second kappa shape index (κ2) is 3.59. The zero-order valence-corrected chi connectivity index (χ0v) is 10.2. The van der Waals surface area contributed by atoms with E-state index >= 15 is 0 Å². The minimum atomic E-state index is -0.144. The minimum absolute atomic E-state index is 0.0560. The molecular formula is C13H18N2O. The van der Waals surface area contributed by atoms with Crippen LogP contribution in [0.2, 0.25) is 0 Å². The van der Waals surface area contributed by atoms with Crippen LogP contribution in [0.1, 0.15) is 26.3 Å². The Hall–Kier alpha value is -1.35. The number of anilines is 1. The number of amides is 1. The third-order valence-electron chi connectivity index (χ3n) is 3.69. The largest absolute Gasteiger partial charge is 0.324 e.